The fourth-order valence-corrected chi connectivity index (χ4v) is 2.65. The molecule has 1 aliphatic carbocycles. The van der Waals surface area contributed by atoms with Crippen molar-refractivity contribution >= 4 is 9.24 Å². The summed E-state index contributed by atoms with van der Waals surface area (Å²) in [6.07, 6.45) is 14.5. The van der Waals surface area contributed by atoms with E-state index in [0.29, 0.717) is 5.16 Å². The normalized spacial score (nSPS) is 26.3. The first-order chi connectivity index (χ1) is 6.21. The summed E-state index contributed by atoms with van der Waals surface area (Å²) in [6, 6.07) is 0. The summed E-state index contributed by atoms with van der Waals surface area (Å²) >= 11 is 0. The molecule has 0 aromatic carbocycles. The Morgan fingerprint density at radius 2 is 1.00 bits per heavy atom. The molecular formula is C12H25P. The van der Waals surface area contributed by atoms with Crippen LogP contribution in [0.25, 0.3) is 0 Å². The predicted octanol–water partition coefficient (Wildman–Crippen LogP) is 4.53. The van der Waals surface area contributed by atoms with Gasteiger partial charge in [0.1, 0.15) is 0 Å². The standard InChI is InChI=1S/C12H25P/c1-12(13)10-8-6-4-2-3-5-7-9-11-12/h2-11,13H2,1H3. The Kier molecular flexibility index (Phi) is 5.32. The minimum Gasteiger partial charge on any atom is -0.131 e. The maximum absolute atomic E-state index is 3.08. The van der Waals surface area contributed by atoms with E-state index in [1.54, 1.807) is 0 Å². The molecule has 1 atom stereocenters. The van der Waals surface area contributed by atoms with Crippen molar-refractivity contribution < 1.29 is 0 Å². The third-order valence-electron chi connectivity index (χ3n) is 3.25. The van der Waals surface area contributed by atoms with Crippen molar-refractivity contribution in [2.75, 3.05) is 0 Å². The molecule has 0 radical (unpaired) electrons. The van der Waals surface area contributed by atoms with Gasteiger partial charge in [-0.1, -0.05) is 58.3 Å². The van der Waals surface area contributed by atoms with Crippen LogP contribution in [0, 0.1) is 0 Å². The molecule has 0 aromatic rings. The zero-order chi connectivity index (χ0) is 9.57. The van der Waals surface area contributed by atoms with Crippen LogP contribution >= 0.6 is 9.24 Å². The summed E-state index contributed by atoms with van der Waals surface area (Å²) in [5.74, 6) is 0. The van der Waals surface area contributed by atoms with Crippen LogP contribution in [0.4, 0.5) is 0 Å². The first-order valence-corrected chi connectivity index (χ1v) is 6.57. The zero-order valence-corrected chi connectivity index (χ0v) is 10.3. The third-order valence-corrected chi connectivity index (χ3v) is 3.82. The van der Waals surface area contributed by atoms with Gasteiger partial charge in [0.2, 0.25) is 0 Å². The van der Waals surface area contributed by atoms with Gasteiger partial charge in [-0.25, -0.2) is 0 Å². The average molecular weight is 200 g/mol. The van der Waals surface area contributed by atoms with E-state index in [1.807, 2.05) is 0 Å². The summed E-state index contributed by atoms with van der Waals surface area (Å²) in [5, 5.41) is 0.546. The highest BCUT2D eigenvalue weighted by Gasteiger charge is 2.16. The van der Waals surface area contributed by atoms with E-state index >= 15 is 0 Å². The lowest BCUT2D eigenvalue weighted by Crippen LogP contribution is -2.14. The van der Waals surface area contributed by atoms with E-state index in [1.165, 1.54) is 64.2 Å². The van der Waals surface area contributed by atoms with Gasteiger partial charge in [-0.3, -0.25) is 0 Å². The monoisotopic (exact) mass is 200 g/mol. The van der Waals surface area contributed by atoms with Crippen molar-refractivity contribution in [3.8, 4) is 0 Å². The fraction of sp³-hybridized carbons (Fsp3) is 1.00. The van der Waals surface area contributed by atoms with Crippen LogP contribution in [0.2, 0.25) is 0 Å². The van der Waals surface area contributed by atoms with Crippen molar-refractivity contribution in [2.24, 2.45) is 0 Å². The Bertz CT molecular complexity index is 115. The molecule has 1 heteroatoms. The second kappa shape index (κ2) is 6.02. The number of rotatable bonds is 0. The fourth-order valence-electron chi connectivity index (χ4n) is 2.24. The molecule has 0 heterocycles. The van der Waals surface area contributed by atoms with Crippen LogP contribution in [0.3, 0.4) is 0 Å². The Balaban J connectivity index is 2.27. The maximum atomic E-state index is 3.08. The Morgan fingerprint density at radius 3 is 1.38 bits per heavy atom. The maximum Gasteiger partial charge on any atom is -0.0178 e. The molecule has 0 bridgehead atoms. The zero-order valence-electron chi connectivity index (χ0n) is 9.15. The topological polar surface area (TPSA) is 0 Å². The lowest BCUT2D eigenvalue weighted by Gasteiger charge is -2.23. The van der Waals surface area contributed by atoms with Gasteiger partial charge in [0.25, 0.3) is 0 Å². The molecule has 1 fully saturated rings. The highest BCUT2D eigenvalue weighted by atomic mass is 31.0. The molecule has 0 nitrogen and oxygen atoms in total. The van der Waals surface area contributed by atoms with Crippen LogP contribution in [-0.2, 0) is 0 Å². The summed E-state index contributed by atoms with van der Waals surface area (Å²) in [5.41, 5.74) is 0. The van der Waals surface area contributed by atoms with E-state index < -0.39 is 0 Å². The third kappa shape index (κ3) is 5.68. The molecule has 0 aromatic heterocycles. The Morgan fingerprint density at radius 1 is 0.692 bits per heavy atom. The van der Waals surface area contributed by atoms with Crippen LogP contribution in [-0.4, -0.2) is 5.16 Å². The van der Waals surface area contributed by atoms with Gasteiger partial charge >= 0.3 is 0 Å². The van der Waals surface area contributed by atoms with Gasteiger partial charge in [0, 0.05) is 0 Å². The smallest absolute Gasteiger partial charge is 0.0178 e. The Labute approximate surface area is 86.1 Å². The molecule has 13 heavy (non-hydrogen) atoms. The average Bonchev–Trinajstić information content (AvgIpc) is 2.10. The minimum atomic E-state index is 0.546. The molecule has 1 aliphatic rings. The summed E-state index contributed by atoms with van der Waals surface area (Å²) in [4.78, 5) is 0. The van der Waals surface area contributed by atoms with Crippen LogP contribution < -0.4 is 0 Å². The molecule has 78 valence electrons. The highest BCUT2D eigenvalue weighted by molar-refractivity contribution is 7.18. The van der Waals surface area contributed by atoms with Gasteiger partial charge in [-0.15, -0.1) is 9.24 Å². The molecule has 1 unspecified atom stereocenters. The van der Waals surface area contributed by atoms with Crippen LogP contribution in [0.15, 0.2) is 0 Å². The summed E-state index contributed by atoms with van der Waals surface area (Å²) in [6.45, 7) is 2.41. The largest absolute Gasteiger partial charge is 0.131 e. The van der Waals surface area contributed by atoms with E-state index in [2.05, 4.69) is 16.2 Å². The quantitative estimate of drug-likeness (QED) is 0.504. The van der Waals surface area contributed by atoms with Crippen molar-refractivity contribution in [1.82, 2.24) is 0 Å². The van der Waals surface area contributed by atoms with Gasteiger partial charge in [0.05, 0.1) is 0 Å². The molecular weight excluding hydrogens is 175 g/mol. The van der Waals surface area contributed by atoms with Crippen molar-refractivity contribution in [3.05, 3.63) is 0 Å². The second-order valence-electron chi connectivity index (χ2n) is 4.98. The second-order valence-corrected chi connectivity index (χ2v) is 6.38. The van der Waals surface area contributed by atoms with Gasteiger partial charge in [0.15, 0.2) is 0 Å². The van der Waals surface area contributed by atoms with Crippen molar-refractivity contribution in [2.45, 2.75) is 76.3 Å². The molecule has 0 amide bonds. The molecule has 0 N–H and O–H groups in total. The van der Waals surface area contributed by atoms with E-state index in [9.17, 15) is 0 Å². The lowest BCUT2D eigenvalue weighted by molar-refractivity contribution is 0.488. The van der Waals surface area contributed by atoms with E-state index in [-0.39, 0.29) is 0 Å². The van der Waals surface area contributed by atoms with Crippen molar-refractivity contribution in [3.63, 3.8) is 0 Å². The van der Waals surface area contributed by atoms with Gasteiger partial charge in [-0.2, -0.15) is 0 Å². The SMILES string of the molecule is CC1(P)CCCCCCCCCC1. The molecule has 1 rings (SSSR count). The predicted molar refractivity (Wildman–Crippen MR) is 64.3 cm³/mol. The van der Waals surface area contributed by atoms with Crippen LogP contribution in [0.5, 0.6) is 0 Å². The number of hydrogen-bond donors (Lipinski definition) is 0. The molecule has 1 saturated carbocycles. The van der Waals surface area contributed by atoms with Gasteiger partial charge < -0.3 is 0 Å². The first-order valence-electron chi connectivity index (χ1n) is 6.00. The number of hydrogen-bond acceptors (Lipinski definition) is 0. The highest BCUT2D eigenvalue weighted by Crippen LogP contribution is 2.31. The molecule has 0 aliphatic heterocycles. The Hall–Kier alpha value is 0.430. The molecule has 0 spiro atoms. The van der Waals surface area contributed by atoms with Gasteiger partial charge in [-0.05, 0) is 18.0 Å². The molecule has 0 saturated heterocycles. The summed E-state index contributed by atoms with van der Waals surface area (Å²) in [7, 11) is 3.08. The van der Waals surface area contributed by atoms with Crippen molar-refractivity contribution in [1.29, 1.82) is 0 Å². The minimum absolute atomic E-state index is 0.546. The first kappa shape index (κ1) is 11.5. The lowest BCUT2D eigenvalue weighted by atomic mass is 9.96. The van der Waals surface area contributed by atoms with Crippen LogP contribution in [0.1, 0.15) is 71.1 Å². The van der Waals surface area contributed by atoms with E-state index in [0.717, 1.165) is 0 Å². The van der Waals surface area contributed by atoms with E-state index in [4.69, 9.17) is 0 Å². The summed E-state index contributed by atoms with van der Waals surface area (Å²) < 4.78 is 0.